The number of esters is 1. The number of hydrogen-bond donors (Lipinski definition) is 1. The summed E-state index contributed by atoms with van der Waals surface area (Å²) in [6.45, 7) is 1.29. The normalized spacial score (nSPS) is 10.3. The standard InChI is InChI=1S/C21H16ClN3O3S2/c1-13-19(30-20(24-13)14-6-8-15(22)9-7-14)21(27)28-12-18(26)25-16-4-2-3-5-17(16)29-11-10-23/h2-9H,11-12H2,1H3,(H,25,26). The number of anilines is 1. The van der Waals surface area contributed by atoms with Gasteiger partial charge in [0.1, 0.15) is 9.88 Å². The van der Waals surface area contributed by atoms with Crippen LogP contribution in [-0.4, -0.2) is 29.2 Å². The fourth-order valence-corrected chi connectivity index (χ4v) is 4.25. The number of thioether (sulfide) groups is 1. The number of rotatable bonds is 7. The molecule has 152 valence electrons. The van der Waals surface area contributed by atoms with Crippen LogP contribution >= 0.6 is 34.7 Å². The van der Waals surface area contributed by atoms with Crippen molar-refractivity contribution in [1.82, 2.24) is 4.98 Å². The SMILES string of the molecule is Cc1nc(-c2ccc(Cl)cc2)sc1C(=O)OCC(=O)Nc1ccccc1SCC#N. The summed E-state index contributed by atoms with van der Waals surface area (Å²) < 4.78 is 5.17. The van der Waals surface area contributed by atoms with E-state index < -0.39 is 18.5 Å². The zero-order valence-corrected chi connectivity index (χ0v) is 18.2. The van der Waals surface area contributed by atoms with Gasteiger partial charge in [0.25, 0.3) is 5.91 Å². The lowest BCUT2D eigenvalue weighted by molar-refractivity contribution is -0.119. The predicted octanol–water partition coefficient (Wildman–Crippen LogP) is 5.18. The topological polar surface area (TPSA) is 92.1 Å². The Morgan fingerprint density at radius 3 is 2.70 bits per heavy atom. The fraction of sp³-hybridized carbons (Fsp3) is 0.143. The number of halogens is 1. The van der Waals surface area contributed by atoms with Gasteiger partial charge < -0.3 is 10.1 Å². The largest absolute Gasteiger partial charge is 0.451 e. The van der Waals surface area contributed by atoms with Gasteiger partial charge >= 0.3 is 5.97 Å². The molecule has 3 rings (SSSR count). The summed E-state index contributed by atoms with van der Waals surface area (Å²) in [5.74, 6) is -0.802. The summed E-state index contributed by atoms with van der Waals surface area (Å²) in [6.07, 6.45) is 0. The molecule has 0 fully saturated rings. The fourth-order valence-electron chi connectivity index (χ4n) is 2.49. The van der Waals surface area contributed by atoms with Crippen molar-refractivity contribution in [2.45, 2.75) is 11.8 Å². The van der Waals surface area contributed by atoms with Crippen molar-refractivity contribution in [2.75, 3.05) is 17.7 Å². The summed E-state index contributed by atoms with van der Waals surface area (Å²) in [5.41, 5.74) is 1.95. The number of nitrogens with zero attached hydrogens (tertiary/aromatic N) is 2. The number of nitrogens with one attached hydrogen (secondary N) is 1. The zero-order chi connectivity index (χ0) is 21.5. The van der Waals surface area contributed by atoms with Gasteiger partial charge in [-0.2, -0.15) is 5.26 Å². The van der Waals surface area contributed by atoms with E-state index in [1.807, 2.05) is 30.3 Å². The van der Waals surface area contributed by atoms with Crippen LogP contribution in [0.4, 0.5) is 5.69 Å². The van der Waals surface area contributed by atoms with Crippen LogP contribution in [0, 0.1) is 18.3 Å². The lowest BCUT2D eigenvalue weighted by Gasteiger charge is -2.09. The van der Waals surface area contributed by atoms with Crippen LogP contribution < -0.4 is 5.32 Å². The van der Waals surface area contributed by atoms with E-state index >= 15 is 0 Å². The molecule has 0 aliphatic carbocycles. The first-order valence-electron chi connectivity index (χ1n) is 8.77. The maximum Gasteiger partial charge on any atom is 0.350 e. The van der Waals surface area contributed by atoms with Crippen molar-refractivity contribution in [3.05, 3.63) is 64.1 Å². The number of thiazole rings is 1. The Balaban J connectivity index is 1.62. The highest BCUT2D eigenvalue weighted by Crippen LogP contribution is 2.29. The molecule has 1 N–H and O–H groups in total. The molecule has 0 radical (unpaired) electrons. The molecular weight excluding hydrogens is 442 g/mol. The predicted molar refractivity (Wildman–Crippen MR) is 119 cm³/mol. The minimum atomic E-state index is -0.604. The number of ether oxygens (including phenoxy) is 1. The van der Waals surface area contributed by atoms with E-state index in [0.29, 0.717) is 26.3 Å². The van der Waals surface area contributed by atoms with Crippen LogP contribution in [0.1, 0.15) is 15.4 Å². The highest BCUT2D eigenvalue weighted by molar-refractivity contribution is 7.99. The maximum absolute atomic E-state index is 12.4. The highest BCUT2D eigenvalue weighted by Gasteiger charge is 2.19. The second-order valence-corrected chi connectivity index (χ2v) is 8.46. The van der Waals surface area contributed by atoms with E-state index in [1.54, 1.807) is 31.2 Å². The summed E-state index contributed by atoms with van der Waals surface area (Å²) in [7, 11) is 0. The number of hydrogen-bond acceptors (Lipinski definition) is 7. The Hall–Kier alpha value is -2.86. The number of amides is 1. The Kier molecular flexibility index (Phi) is 7.46. The van der Waals surface area contributed by atoms with Crippen molar-refractivity contribution in [2.24, 2.45) is 0 Å². The van der Waals surface area contributed by atoms with E-state index in [9.17, 15) is 9.59 Å². The molecular formula is C21H16ClN3O3S2. The Morgan fingerprint density at radius 2 is 1.97 bits per heavy atom. The summed E-state index contributed by atoms with van der Waals surface area (Å²) >= 11 is 8.42. The lowest BCUT2D eigenvalue weighted by atomic mass is 10.2. The van der Waals surface area contributed by atoms with Crippen LogP contribution in [0.25, 0.3) is 10.6 Å². The second-order valence-electron chi connectivity index (χ2n) is 6.01. The third kappa shape index (κ3) is 5.60. The first-order chi connectivity index (χ1) is 14.5. The first-order valence-corrected chi connectivity index (χ1v) is 10.9. The number of carbonyl (C=O) groups excluding carboxylic acids is 2. The minimum absolute atomic E-state index is 0.266. The lowest BCUT2D eigenvalue weighted by Crippen LogP contribution is -2.21. The number of nitriles is 1. The van der Waals surface area contributed by atoms with Gasteiger partial charge in [0.2, 0.25) is 0 Å². The van der Waals surface area contributed by atoms with Gasteiger partial charge in [-0.25, -0.2) is 9.78 Å². The molecule has 0 aliphatic rings. The highest BCUT2D eigenvalue weighted by atomic mass is 35.5. The summed E-state index contributed by atoms with van der Waals surface area (Å²) in [5, 5.41) is 12.7. The molecule has 0 aliphatic heterocycles. The van der Waals surface area contributed by atoms with Crippen LogP contribution in [0.3, 0.4) is 0 Å². The molecule has 3 aromatic rings. The van der Waals surface area contributed by atoms with Gasteiger partial charge in [-0.05, 0) is 31.2 Å². The number of benzene rings is 2. The molecule has 0 unspecified atom stereocenters. The zero-order valence-electron chi connectivity index (χ0n) is 15.8. The Morgan fingerprint density at radius 1 is 1.23 bits per heavy atom. The van der Waals surface area contributed by atoms with Gasteiger partial charge in [0, 0.05) is 15.5 Å². The average molecular weight is 458 g/mol. The number of aromatic nitrogens is 1. The molecule has 1 amide bonds. The van der Waals surface area contributed by atoms with Gasteiger partial charge in [-0.3, -0.25) is 4.79 Å². The first kappa shape index (κ1) is 21.8. The molecule has 0 spiro atoms. The Labute approximate surface area is 186 Å². The van der Waals surface area contributed by atoms with Crippen LogP contribution in [0.15, 0.2) is 53.4 Å². The van der Waals surface area contributed by atoms with Gasteiger partial charge in [0.05, 0.1) is 23.2 Å². The van der Waals surface area contributed by atoms with Crippen molar-refractivity contribution < 1.29 is 14.3 Å². The third-order valence-corrected chi connectivity index (χ3v) is 6.24. The maximum atomic E-state index is 12.4. The number of carbonyl (C=O) groups is 2. The van der Waals surface area contributed by atoms with Gasteiger partial charge in [-0.1, -0.05) is 35.9 Å². The molecule has 1 heterocycles. The third-order valence-electron chi connectivity index (χ3n) is 3.86. The second kappa shape index (κ2) is 10.3. The molecule has 0 saturated carbocycles. The van der Waals surface area contributed by atoms with E-state index in [1.165, 1.54) is 23.1 Å². The molecule has 0 atom stereocenters. The quantitative estimate of drug-likeness (QED) is 0.388. The van der Waals surface area contributed by atoms with Gasteiger partial charge in [-0.15, -0.1) is 23.1 Å². The molecule has 9 heteroatoms. The number of aryl methyl sites for hydroxylation is 1. The van der Waals surface area contributed by atoms with Gasteiger partial charge in [0.15, 0.2) is 6.61 Å². The monoisotopic (exact) mass is 457 g/mol. The summed E-state index contributed by atoms with van der Waals surface area (Å²) in [6, 6.07) is 16.3. The van der Waals surface area contributed by atoms with E-state index in [4.69, 9.17) is 21.6 Å². The molecule has 2 aromatic carbocycles. The summed E-state index contributed by atoms with van der Waals surface area (Å²) in [4.78, 5) is 30.2. The van der Waals surface area contributed by atoms with Crippen molar-refractivity contribution in [3.8, 4) is 16.6 Å². The smallest absolute Gasteiger partial charge is 0.350 e. The van der Waals surface area contributed by atoms with Crippen molar-refractivity contribution >= 4 is 52.3 Å². The molecule has 6 nitrogen and oxygen atoms in total. The molecule has 0 bridgehead atoms. The Bertz CT molecular complexity index is 1110. The molecule has 30 heavy (non-hydrogen) atoms. The van der Waals surface area contributed by atoms with Crippen molar-refractivity contribution in [1.29, 1.82) is 5.26 Å². The van der Waals surface area contributed by atoms with Crippen LogP contribution in [0.2, 0.25) is 5.02 Å². The minimum Gasteiger partial charge on any atom is -0.451 e. The molecule has 0 saturated heterocycles. The van der Waals surface area contributed by atoms with Crippen molar-refractivity contribution in [3.63, 3.8) is 0 Å². The van der Waals surface area contributed by atoms with Crippen LogP contribution in [-0.2, 0) is 9.53 Å². The number of para-hydroxylation sites is 1. The average Bonchev–Trinajstić information content (AvgIpc) is 3.13. The van der Waals surface area contributed by atoms with E-state index in [0.717, 1.165) is 10.5 Å². The van der Waals surface area contributed by atoms with Crippen LogP contribution in [0.5, 0.6) is 0 Å². The van der Waals surface area contributed by atoms with E-state index in [-0.39, 0.29) is 5.75 Å². The molecule has 1 aromatic heterocycles. The van der Waals surface area contributed by atoms with E-state index in [2.05, 4.69) is 10.3 Å².